The number of thiazole rings is 1. The van der Waals surface area contributed by atoms with E-state index in [-0.39, 0.29) is 12.0 Å². The van der Waals surface area contributed by atoms with Gasteiger partial charge in [0.05, 0.1) is 11.8 Å². The standard InChI is InChI=1S/C12H15N3O2S/c1-8-4-15-9(7-18-12(15)13-8)2-3-11(17)14-5-10(16)6-14/h4,7,10,16H,2-3,5-6H2,1H3. The predicted octanol–water partition coefficient (Wildman–Crippen LogP) is 0.840. The molecule has 18 heavy (non-hydrogen) atoms. The van der Waals surface area contributed by atoms with Crippen LogP contribution < -0.4 is 0 Å². The summed E-state index contributed by atoms with van der Waals surface area (Å²) >= 11 is 1.60. The van der Waals surface area contributed by atoms with Crippen LogP contribution in [-0.4, -0.2) is 44.5 Å². The molecule has 3 rings (SSSR count). The number of rotatable bonds is 3. The Morgan fingerprint density at radius 3 is 3.11 bits per heavy atom. The fourth-order valence-corrected chi connectivity index (χ4v) is 3.13. The number of carbonyl (C=O) groups excluding carboxylic acids is 1. The Labute approximate surface area is 109 Å². The van der Waals surface area contributed by atoms with Crippen molar-refractivity contribution >= 4 is 22.2 Å². The van der Waals surface area contributed by atoms with Crippen molar-refractivity contribution in [2.24, 2.45) is 0 Å². The lowest BCUT2D eigenvalue weighted by Gasteiger charge is -2.35. The van der Waals surface area contributed by atoms with E-state index >= 15 is 0 Å². The molecule has 0 radical (unpaired) electrons. The third kappa shape index (κ3) is 2.02. The van der Waals surface area contributed by atoms with Gasteiger partial charge in [0.1, 0.15) is 0 Å². The van der Waals surface area contributed by atoms with Crippen LogP contribution in [0, 0.1) is 6.92 Å². The van der Waals surface area contributed by atoms with Crippen molar-refractivity contribution in [2.75, 3.05) is 13.1 Å². The zero-order chi connectivity index (χ0) is 12.7. The van der Waals surface area contributed by atoms with Crippen molar-refractivity contribution in [2.45, 2.75) is 25.9 Å². The summed E-state index contributed by atoms with van der Waals surface area (Å²) in [6.07, 6.45) is 2.90. The van der Waals surface area contributed by atoms with Crippen LogP contribution in [0.15, 0.2) is 11.6 Å². The highest BCUT2D eigenvalue weighted by Crippen LogP contribution is 2.18. The second kappa shape index (κ2) is 4.37. The highest BCUT2D eigenvalue weighted by Gasteiger charge is 2.28. The maximum Gasteiger partial charge on any atom is 0.223 e. The van der Waals surface area contributed by atoms with Crippen LogP contribution in [0.3, 0.4) is 0 Å². The van der Waals surface area contributed by atoms with Crippen LogP contribution in [0.4, 0.5) is 0 Å². The molecule has 1 N–H and O–H groups in total. The first kappa shape index (κ1) is 11.7. The molecule has 0 aromatic carbocycles. The fourth-order valence-electron chi connectivity index (χ4n) is 2.17. The fraction of sp³-hybridized carbons (Fsp3) is 0.500. The van der Waals surface area contributed by atoms with Gasteiger partial charge in [0, 0.05) is 36.8 Å². The molecular weight excluding hydrogens is 250 g/mol. The third-order valence-corrected chi connectivity index (χ3v) is 4.10. The molecule has 0 unspecified atom stereocenters. The number of aromatic nitrogens is 2. The van der Waals surface area contributed by atoms with Crippen LogP contribution >= 0.6 is 11.3 Å². The van der Waals surface area contributed by atoms with E-state index in [2.05, 4.69) is 14.8 Å². The average Bonchev–Trinajstić information content (AvgIpc) is 2.81. The number of imidazole rings is 1. The SMILES string of the molecule is Cc1cn2c(CCC(=O)N3CC(O)C3)csc2n1. The molecule has 2 aromatic heterocycles. The smallest absolute Gasteiger partial charge is 0.223 e. The normalized spacial score (nSPS) is 16.2. The van der Waals surface area contributed by atoms with Crippen LogP contribution in [0.5, 0.6) is 0 Å². The average molecular weight is 265 g/mol. The van der Waals surface area contributed by atoms with Crippen LogP contribution in [0.1, 0.15) is 17.8 Å². The van der Waals surface area contributed by atoms with Crippen LogP contribution in [0.25, 0.3) is 4.96 Å². The van der Waals surface area contributed by atoms with Crippen LogP contribution in [0.2, 0.25) is 0 Å². The van der Waals surface area contributed by atoms with Gasteiger partial charge in [-0.15, -0.1) is 11.3 Å². The maximum absolute atomic E-state index is 11.8. The molecule has 1 fully saturated rings. The largest absolute Gasteiger partial charge is 0.389 e. The highest BCUT2D eigenvalue weighted by atomic mass is 32.1. The molecule has 1 aliphatic rings. The first-order chi connectivity index (χ1) is 8.63. The summed E-state index contributed by atoms with van der Waals surface area (Å²) in [6.45, 7) is 2.94. The minimum Gasteiger partial charge on any atom is -0.389 e. The van der Waals surface area contributed by atoms with Gasteiger partial charge in [0.2, 0.25) is 5.91 Å². The van der Waals surface area contributed by atoms with E-state index in [0.717, 1.165) is 22.8 Å². The number of fused-ring (bicyclic) bond motifs is 1. The Bertz CT molecular complexity index is 583. The van der Waals surface area contributed by atoms with E-state index in [1.54, 1.807) is 16.2 Å². The maximum atomic E-state index is 11.8. The van der Waals surface area contributed by atoms with E-state index in [0.29, 0.717) is 19.5 Å². The summed E-state index contributed by atoms with van der Waals surface area (Å²) in [7, 11) is 0. The number of aryl methyl sites for hydroxylation is 2. The topological polar surface area (TPSA) is 57.8 Å². The van der Waals surface area contributed by atoms with Crippen LogP contribution in [-0.2, 0) is 11.2 Å². The molecule has 1 saturated heterocycles. The molecule has 96 valence electrons. The summed E-state index contributed by atoms with van der Waals surface area (Å²) in [5.41, 5.74) is 2.13. The van der Waals surface area contributed by atoms with Gasteiger partial charge in [0.15, 0.2) is 4.96 Å². The van der Waals surface area contributed by atoms with E-state index < -0.39 is 0 Å². The van der Waals surface area contributed by atoms with Gasteiger partial charge in [-0.1, -0.05) is 0 Å². The number of hydrogen-bond acceptors (Lipinski definition) is 4. The minimum absolute atomic E-state index is 0.122. The van der Waals surface area contributed by atoms with Gasteiger partial charge in [-0.05, 0) is 13.3 Å². The van der Waals surface area contributed by atoms with E-state index in [1.165, 1.54) is 0 Å². The Morgan fingerprint density at radius 1 is 1.61 bits per heavy atom. The number of likely N-dealkylation sites (tertiary alicyclic amines) is 1. The minimum atomic E-state index is -0.321. The van der Waals surface area contributed by atoms with E-state index in [4.69, 9.17) is 5.11 Å². The van der Waals surface area contributed by atoms with Gasteiger partial charge in [-0.2, -0.15) is 0 Å². The lowest BCUT2D eigenvalue weighted by atomic mass is 10.1. The number of amides is 1. The number of nitrogens with zero attached hydrogens (tertiary/aromatic N) is 3. The van der Waals surface area contributed by atoms with Gasteiger partial charge in [0.25, 0.3) is 0 Å². The van der Waals surface area contributed by atoms with Crippen molar-refractivity contribution < 1.29 is 9.90 Å². The number of aliphatic hydroxyl groups is 1. The zero-order valence-electron chi connectivity index (χ0n) is 10.2. The molecule has 0 atom stereocenters. The van der Waals surface area contributed by atoms with Gasteiger partial charge >= 0.3 is 0 Å². The number of β-amino-alcohol motifs (C(OH)–C–C–N with tert-alkyl or cyclic N) is 1. The molecule has 1 amide bonds. The molecule has 2 aromatic rings. The van der Waals surface area contributed by atoms with Gasteiger partial charge in [-0.3, -0.25) is 9.20 Å². The van der Waals surface area contributed by atoms with Crippen molar-refractivity contribution in [3.05, 3.63) is 23.0 Å². The molecule has 6 heteroatoms. The highest BCUT2D eigenvalue weighted by molar-refractivity contribution is 7.15. The summed E-state index contributed by atoms with van der Waals surface area (Å²) < 4.78 is 2.05. The Balaban J connectivity index is 1.64. The summed E-state index contributed by atoms with van der Waals surface area (Å²) in [5, 5.41) is 11.2. The second-order valence-electron chi connectivity index (χ2n) is 4.71. The monoisotopic (exact) mass is 265 g/mol. The predicted molar refractivity (Wildman–Crippen MR) is 68.7 cm³/mol. The van der Waals surface area contributed by atoms with Crippen molar-refractivity contribution in [3.63, 3.8) is 0 Å². The van der Waals surface area contributed by atoms with Gasteiger partial charge in [-0.25, -0.2) is 4.98 Å². The Kier molecular flexibility index (Phi) is 2.83. The summed E-state index contributed by atoms with van der Waals surface area (Å²) in [4.78, 5) is 18.9. The number of aliphatic hydroxyl groups excluding tert-OH is 1. The molecule has 0 spiro atoms. The lowest BCUT2D eigenvalue weighted by molar-refractivity contribution is -0.141. The molecule has 0 bridgehead atoms. The third-order valence-electron chi connectivity index (χ3n) is 3.21. The summed E-state index contributed by atoms with van der Waals surface area (Å²) in [6, 6.07) is 0. The molecule has 5 nitrogen and oxygen atoms in total. The molecule has 0 saturated carbocycles. The van der Waals surface area contributed by atoms with Crippen molar-refractivity contribution in [1.82, 2.24) is 14.3 Å². The second-order valence-corrected chi connectivity index (χ2v) is 5.55. The molecule has 3 heterocycles. The van der Waals surface area contributed by atoms with E-state index in [9.17, 15) is 4.79 Å². The first-order valence-electron chi connectivity index (χ1n) is 6.01. The zero-order valence-corrected chi connectivity index (χ0v) is 11.0. The quantitative estimate of drug-likeness (QED) is 0.894. The lowest BCUT2D eigenvalue weighted by Crippen LogP contribution is -2.53. The Hall–Kier alpha value is -1.40. The van der Waals surface area contributed by atoms with Crippen molar-refractivity contribution in [3.8, 4) is 0 Å². The first-order valence-corrected chi connectivity index (χ1v) is 6.89. The Morgan fingerprint density at radius 2 is 2.39 bits per heavy atom. The molecule has 1 aliphatic heterocycles. The van der Waals surface area contributed by atoms with Gasteiger partial charge < -0.3 is 10.0 Å². The number of hydrogen-bond donors (Lipinski definition) is 1. The molecule has 0 aliphatic carbocycles. The number of carbonyl (C=O) groups is 1. The molecular formula is C12H15N3O2S. The van der Waals surface area contributed by atoms with Crippen molar-refractivity contribution in [1.29, 1.82) is 0 Å². The summed E-state index contributed by atoms with van der Waals surface area (Å²) in [5.74, 6) is 0.122. The van der Waals surface area contributed by atoms with E-state index in [1.807, 2.05) is 13.1 Å².